The zero-order valence-corrected chi connectivity index (χ0v) is 11.8. The molecule has 1 aliphatic rings. The lowest BCUT2D eigenvalue weighted by molar-refractivity contribution is 0.162. The minimum absolute atomic E-state index is 0.453. The Hall–Kier alpha value is -0.0800. The summed E-state index contributed by atoms with van der Waals surface area (Å²) in [6.45, 7) is 13.1. The van der Waals surface area contributed by atoms with Gasteiger partial charge in [0.2, 0.25) is 0 Å². The van der Waals surface area contributed by atoms with Gasteiger partial charge in [-0.2, -0.15) is 0 Å². The van der Waals surface area contributed by atoms with Gasteiger partial charge in [0.15, 0.2) is 0 Å². The van der Waals surface area contributed by atoms with Crippen LogP contribution in [0.15, 0.2) is 0 Å². The summed E-state index contributed by atoms with van der Waals surface area (Å²) in [4.78, 5) is 2.57. The molecule has 1 atom stereocenters. The summed E-state index contributed by atoms with van der Waals surface area (Å²) in [5.74, 6) is 0.802. The first-order valence-corrected chi connectivity index (χ1v) is 6.82. The van der Waals surface area contributed by atoms with Crippen molar-refractivity contribution < 1.29 is 0 Å². The summed E-state index contributed by atoms with van der Waals surface area (Å²) < 4.78 is 0. The van der Waals surface area contributed by atoms with E-state index in [1.54, 1.807) is 0 Å². The van der Waals surface area contributed by atoms with Crippen molar-refractivity contribution in [3.63, 3.8) is 0 Å². The number of rotatable bonds is 4. The van der Waals surface area contributed by atoms with E-state index >= 15 is 0 Å². The lowest BCUT2D eigenvalue weighted by atomic mass is 9.80. The Balaban J connectivity index is 2.26. The van der Waals surface area contributed by atoms with Crippen molar-refractivity contribution in [3.8, 4) is 0 Å². The van der Waals surface area contributed by atoms with Crippen LogP contribution in [0, 0.1) is 11.3 Å². The molecule has 1 unspecified atom stereocenters. The summed E-state index contributed by atoms with van der Waals surface area (Å²) in [7, 11) is 2.30. The first-order chi connectivity index (χ1) is 7.41. The number of hydrogen-bond acceptors (Lipinski definition) is 2. The van der Waals surface area contributed by atoms with Crippen molar-refractivity contribution in [2.45, 2.75) is 53.0 Å². The maximum atomic E-state index is 3.43. The number of piperidine rings is 1. The van der Waals surface area contributed by atoms with E-state index in [1.807, 2.05) is 0 Å². The average molecular weight is 226 g/mol. The molecule has 2 nitrogen and oxygen atoms in total. The molecule has 1 aliphatic heterocycles. The Morgan fingerprint density at radius 1 is 1.25 bits per heavy atom. The third kappa shape index (κ3) is 4.42. The molecule has 0 aromatic rings. The molecule has 1 saturated heterocycles. The van der Waals surface area contributed by atoms with E-state index in [4.69, 9.17) is 0 Å². The van der Waals surface area contributed by atoms with Gasteiger partial charge in [-0.25, -0.2) is 0 Å². The molecular formula is C14H30N2. The molecule has 0 spiro atoms. The van der Waals surface area contributed by atoms with Gasteiger partial charge in [0.05, 0.1) is 0 Å². The van der Waals surface area contributed by atoms with Crippen LogP contribution in [0.2, 0.25) is 0 Å². The van der Waals surface area contributed by atoms with E-state index in [9.17, 15) is 0 Å². The van der Waals surface area contributed by atoms with Crippen LogP contribution in [0.25, 0.3) is 0 Å². The monoisotopic (exact) mass is 226 g/mol. The lowest BCUT2D eigenvalue weighted by Crippen LogP contribution is -2.42. The van der Waals surface area contributed by atoms with Crippen LogP contribution in [0.5, 0.6) is 0 Å². The van der Waals surface area contributed by atoms with E-state index in [-0.39, 0.29) is 0 Å². The van der Waals surface area contributed by atoms with Gasteiger partial charge in [-0.15, -0.1) is 0 Å². The summed E-state index contributed by atoms with van der Waals surface area (Å²) in [5, 5.41) is 3.43. The van der Waals surface area contributed by atoms with Gasteiger partial charge in [-0.05, 0) is 57.3 Å². The Bertz CT molecular complexity index is 189. The first-order valence-electron chi connectivity index (χ1n) is 6.82. The molecule has 0 aromatic carbocycles. The number of hydrogen-bond donors (Lipinski definition) is 1. The zero-order chi connectivity index (χ0) is 12.2. The molecule has 1 N–H and O–H groups in total. The van der Waals surface area contributed by atoms with Crippen LogP contribution in [-0.2, 0) is 0 Å². The van der Waals surface area contributed by atoms with Gasteiger partial charge in [0.1, 0.15) is 0 Å². The molecular weight excluding hydrogens is 196 g/mol. The summed E-state index contributed by atoms with van der Waals surface area (Å²) in [6.07, 6.45) is 3.96. The molecule has 0 aromatic heterocycles. The van der Waals surface area contributed by atoms with E-state index < -0.39 is 0 Å². The van der Waals surface area contributed by atoms with Crippen molar-refractivity contribution in [3.05, 3.63) is 0 Å². The standard InChI is InChI=1S/C14H30N2/c1-12(14(2,3)4)8-11-16(5)13-6-9-15-10-7-13/h12-13,15H,6-11H2,1-5H3. The highest BCUT2D eigenvalue weighted by Crippen LogP contribution is 2.28. The van der Waals surface area contributed by atoms with E-state index in [2.05, 4.69) is 45.0 Å². The molecule has 1 fully saturated rings. The molecule has 0 radical (unpaired) electrons. The van der Waals surface area contributed by atoms with Crippen molar-refractivity contribution in [1.29, 1.82) is 0 Å². The molecule has 0 aliphatic carbocycles. The highest BCUT2D eigenvalue weighted by atomic mass is 15.1. The zero-order valence-electron chi connectivity index (χ0n) is 11.8. The predicted molar refractivity (Wildman–Crippen MR) is 71.8 cm³/mol. The summed E-state index contributed by atoms with van der Waals surface area (Å²) in [6, 6.07) is 0.813. The molecule has 16 heavy (non-hydrogen) atoms. The van der Waals surface area contributed by atoms with Crippen molar-refractivity contribution >= 4 is 0 Å². The second kappa shape index (κ2) is 6.02. The van der Waals surface area contributed by atoms with E-state index in [0.717, 1.165) is 12.0 Å². The second-order valence-electron chi connectivity index (χ2n) is 6.52. The summed E-state index contributed by atoms with van der Waals surface area (Å²) >= 11 is 0. The first kappa shape index (κ1) is 14.0. The maximum Gasteiger partial charge on any atom is 0.0116 e. The fraction of sp³-hybridized carbons (Fsp3) is 1.00. The van der Waals surface area contributed by atoms with Gasteiger partial charge < -0.3 is 10.2 Å². The molecule has 1 heterocycles. The second-order valence-corrected chi connectivity index (χ2v) is 6.52. The minimum Gasteiger partial charge on any atom is -0.317 e. The lowest BCUT2D eigenvalue weighted by Gasteiger charge is -2.34. The van der Waals surface area contributed by atoms with Crippen molar-refractivity contribution in [2.24, 2.45) is 11.3 Å². The van der Waals surface area contributed by atoms with Crippen LogP contribution < -0.4 is 5.32 Å². The Morgan fingerprint density at radius 2 is 1.81 bits per heavy atom. The quantitative estimate of drug-likeness (QED) is 0.793. The Kier molecular flexibility index (Phi) is 5.26. The Morgan fingerprint density at radius 3 is 2.31 bits per heavy atom. The number of nitrogens with zero attached hydrogens (tertiary/aromatic N) is 1. The van der Waals surface area contributed by atoms with Crippen LogP contribution in [0.4, 0.5) is 0 Å². The minimum atomic E-state index is 0.453. The smallest absolute Gasteiger partial charge is 0.0116 e. The molecule has 96 valence electrons. The van der Waals surface area contributed by atoms with Gasteiger partial charge in [0, 0.05) is 6.04 Å². The third-order valence-electron chi connectivity index (χ3n) is 4.33. The predicted octanol–water partition coefficient (Wildman–Crippen LogP) is 2.74. The fourth-order valence-corrected chi connectivity index (χ4v) is 2.26. The van der Waals surface area contributed by atoms with Crippen LogP contribution >= 0.6 is 0 Å². The molecule has 1 rings (SSSR count). The van der Waals surface area contributed by atoms with Gasteiger partial charge >= 0.3 is 0 Å². The molecule has 0 amide bonds. The average Bonchev–Trinajstić information content (AvgIpc) is 2.25. The van der Waals surface area contributed by atoms with E-state index in [0.29, 0.717) is 5.41 Å². The highest BCUT2D eigenvalue weighted by Gasteiger charge is 2.22. The molecule has 0 saturated carbocycles. The van der Waals surface area contributed by atoms with Gasteiger partial charge in [-0.1, -0.05) is 27.7 Å². The van der Waals surface area contributed by atoms with Crippen molar-refractivity contribution in [1.82, 2.24) is 10.2 Å². The topological polar surface area (TPSA) is 15.3 Å². The summed E-state index contributed by atoms with van der Waals surface area (Å²) in [5.41, 5.74) is 0.453. The van der Waals surface area contributed by atoms with E-state index in [1.165, 1.54) is 38.9 Å². The number of nitrogens with one attached hydrogen (secondary N) is 1. The van der Waals surface area contributed by atoms with Crippen LogP contribution in [-0.4, -0.2) is 37.6 Å². The van der Waals surface area contributed by atoms with Gasteiger partial charge in [-0.3, -0.25) is 0 Å². The Labute approximate surface area is 102 Å². The SMILES string of the molecule is CC(CCN(C)C1CCNCC1)C(C)(C)C. The highest BCUT2D eigenvalue weighted by molar-refractivity contribution is 4.77. The van der Waals surface area contributed by atoms with Gasteiger partial charge in [0.25, 0.3) is 0 Å². The third-order valence-corrected chi connectivity index (χ3v) is 4.33. The largest absolute Gasteiger partial charge is 0.317 e. The molecule has 0 bridgehead atoms. The van der Waals surface area contributed by atoms with Crippen molar-refractivity contribution in [2.75, 3.05) is 26.7 Å². The van der Waals surface area contributed by atoms with Crippen LogP contribution in [0.3, 0.4) is 0 Å². The normalized spacial score (nSPS) is 21.4. The maximum absolute atomic E-state index is 3.43. The fourth-order valence-electron chi connectivity index (χ4n) is 2.26. The van der Waals surface area contributed by atoms with Crippen LogP contribution in [0.1, 0.15) is 47.0 Å². The molecule has 2 heteroatoms.